The molecule has 0 saturated heterocycles. The molecule has 0 amide bonds. The lowest BCUT2D eigenvalue weighted by atomic mass is 9.83. The second kappa shape index (κ2) is 2.89. The third-order valence-electron chi connectivity index (χ3n) is 1.64. The van der Waals surface area contributed by atoms with E-state index in [1.54, 1.807) is 6.92 Å². The van der Waals surface area contributed by atoms with Gasteiger partial charge in [-0.15, -0.1) is 0 Å². The van der Waals surface area contributed by atoms with Crippen LogP contribution in [0.1, 0.15) is 47.5 Å². The van der Waals surface area contributed by atoms with E-state index in [-0.39, 0.29) is 5.41 Å². The van der Waals surface area contributed by atoms with Crippen LogP contribution in [0.4, 0.5) is 4.39 Å². The standard InChI is InChI=1S/C9H19F/c1-6-9(5,10)7-8(2,3)4/h6-7H2,1-5H3/t9-/m0/s1. The van der Waals surface area contributed by atoms with Gasteiger partial charge in [-0.2, -0.15) is 0 Å². The van der Waals surface area contributed by atoms with Gasteiger partial charge in [0.1, 0.15) is 5.67 Å². The summed E-state index contributed by atoms with van der Waals surface area (Å²) in [6.07, 6.45) is 1.26. The summed E-state index contributed by atoms with van der Waals surface area (Å²) in [4.78, 5) is 0. The van der Waals surface area contributed by atoms with Crippen molar-refractivity contribution in [3.63, 3.8) is 0 Å². The Morgan fingerprint density at radius 2 is 1.50 bits per heavy atom. The molecular formula is C9H19F. The summed E-state index contributed by atoms with van der Waals surface area (Å²) in [5.41, 5.74) is -0.863. The lowest BCUT2D eigenvalue weighted by Gasteiger charge is -2.27. The molecule has 0 unspecified atom stereocenters. The molecule has 0 spiro atoms. The van der Waals surface area contributed by atoms with Crippen molar-refractivity contribution in [2.75, 3.05) is 0 Å². The van der Waals surface area contributed by atoms with E-state index in [4.69, 9.17) is 0 Å². The van der Waals surface area contributed by atoms with Gasteiger partial charge in [0, 0.05) is 0 Å². The molecule has 0 aliphatic carbocycles. The lowest BCUT2D eigenvalue weighted by molar-refractivity contribution is 0.114. The second-order valence-corrected chi connectivity index (χ2v) is 4.50. The van der Waals surface area contributed by atoms with Crippen LogP contribution in [-0.2, 0) is 0 Å². The van der Waals surface area contributed by atoms with E-state index in [1.807, 2.05) is 6.92 Å². The Balaban J connectivity index is 3.89. The molecule has 62 valence electrons. The van der Waals surface area contributed by atoms with Crippen molar-refractivity contribution >= 4 is 0 Å². The molecule has 0 N–H and O–H groups in total. The Labute approximate surface area is 63.8 Å². The highest BCUT2D eigenvalue weighted by atomic mass is 19.1. The number of rotatable bonds is 2. The van der Waals surface area contributed by atoms with Gasteiger partial charge in [-0.05, 0) is 25.2 Å². The van der Waals surface area contributed by atoms with Gasteiger partial charge in [-0.1, -0.05) is 27.7 Å². The van der Waals surface area contributed by atoms with Gasteiger partial charge in [-0.25, -0.2) is 4.39 Å². The first-order valence-electron chi connectivity index (χ1n) is 3.96. The first-order valence-corrected chi connectivity index (χ1v) is 3.96. The lowest BCUT2D eigenvalue weighted by Crippen LogP contribution is -2.24. The normalized spacial score (nSPS) is 18.6. The molecule has 0 rings (SSSR count). The van der Waals surface area contributed by atoms with Gasteiger partial charge >= 0.3 is 0 Å². The minimum atomic E-state index is -0.974. The van der Waals surface area contributed by atoms with E-state index in [9.17, 15) is 4.39 Å². The third-order valence-corrected chi connectivity index (χ3v) is 1.64. The van der Waals surface area contributed by atoms with Crippen LogP contribution in [0.25, 0.3) is 0 Å². The van der Waals surface area contributed by atoms with Gasteiger partial charge in [0.25, 0.3) is 0 Å². The van der Waals surface area contributed by atoms with Crippen LogP contribution in [0, 0.1) is 5.41 Å². The molecule has 0 aliphatic heterocycles. The largest absolute Gasteiger partial charge is 0.244 e. The van der Waals surface area contributed by atoms with Crippen LogP contribution in [-0.4, -0.2) is 5.67 Å². The van der Waals surface area contributed by atoms with Gasteiger partial charge in [0.05, 0.1) is 0 Å². The predicted octanol–water partition coefficient (Wildman–Crippen LogP) is 3.56. The Hall–Kier alpha value is -0.0700. The fraction of sp³-hybridized carbons (Fsp3) is 1.00. The van der Waals surface area contributed by atoms with E-state index in [0.29, 0.717) is 12.8 Å². The molecule has 1 heteroatoms. The number of hydrogen-bond acceptors (Lipinski definition) is 0. The van der Waals surface area contributed by atoms with Crippen LogP contribution in [0.15, 0.2) is 0 Å². The molecule has 0 nitrogen and oxygen atoms in total. The Kier molecular flexibility index (Phi) is 2.87. The minimum absolute atomic E-state index is 0.111. The quantitative estimate of drug-likeness (QED) is 0.558. The smallest absolute Gasteiger partial charge is 0.108 e. The van der Waals surface area contributed by atoms with E-state index in [2.05, 4.69) is 20.8 Å². The third kappa shape index (κ3) is 4.78. The molecular weight excluding hydrogens is 127 g/mol. The Bertz CT molecular complexity index is 97.8. The molecule has 0 aromatic rings. The Morgan fingerprint density at radius 1 is 1.10 bits per heavy atom. The maximum absolute atomic E-state index is 13.3. The number of hydrogen-bond donors (Lipinski definition) is 0. The van der Waals surface area contributed by atoms with Crippen molar-refractivity contribution in [1.82, 2.24) is 0 Å². The van der Waals surface area contributed by atoms with E-state index < -0.39 is 5.67 Å². The van der Waals surface area contributed by atoms with Crippen LogP contribution in [0.5, 0.6) is 0 Å². The van der Waals surface area contributed by atoms with Gasteiger partial charge in [0.15, 0.2) is 0 Å². The van der Waals surface area contributed by atoms with Crippen LogP contribution in [0.3, 0.4) is 0 Å². The fourth-order valence-corrected chi connectivity index (χ4v) is 1.23. The maximum Gasteiger partial charge on any atom is 0.108 e. The zero-order chi connectivity index (χ0) is 8.41. The van der Waals surface area contributed by atoms with Crippen molar-refractivity contribution in [2.45, 2.75) is 53.1 Å². The highest BCUT2D eigenvalue weighted by Gasteiger charge is 2.27. The average molecular weight is 146 g/mol. The molecule has 0 aromatic carbocycles. The average Bonchev–Trinajstić information content (AvgIpc) is 1.60. The zero-order valence-corrected chi connectivity index (χ0v) is 7.79. The summed E-state index contributed by atoms with van der Waals surface area (Å²) in [6, 6.07) is 0. The maximum atomic E-state index is 13.3. The van der Waals surface area contributed by atoms with Gasteiger partial charge < -0.3 is 0 Å². The zero-order valence-electron chi connectivity index (χ0n) is 7.79. The second-order valence-electron chi connectivity index (χ2n) is 4.50. The fourth-order valence-electron chi connectivity index (χ4n) is 1.23. The van der Waals surface area contributed by atoms with E-state index in [0.717, 1.165) is 0 Å². The molecule has 0 bridgehead atoms. The monoisotopic (exact) mass is 146 g/mol. The molecule has 0 radical (unpaired) electrons. The summed E-state index contributed by atoms with van der Waals surface area (Å²) < 4.78 is 13.3. The molecule has 0 fully saturated rings. The minimum Gasteiger partial charge on any atom is -0.244 e. The van der Waals surface area contributed by atoms with Crippen molar-refractivity contribution in [3.8, 4) is 0 Å². The van der Waals surface area contributed by atoms with Crippen molar-refractivity contribution in [2.24, 2.45) is 5.41 Å². The highest BCUT2D eigenvalue weighted by molar-refractivity contribution is 4.78. The van der Waals surface area contributed by atoms with Crippen molar-refractivity contribution < 1.29 is 4.39 Å². The molecule has 0 heterocycles. The number of halogens is 1. The molecule has 0 saturated carbocycles. The SMILES string of the molecule is CC[C@](C)(F)CC(C)(C)C. The van der Waals surface area contributed by atoms with E-state index in [1.165, 1.54) is 0 Å². The van der Waals surface area contributed by atoms with Gasteiger partial charge in [-0.3, -0.25) is 0 Å². The molecule has 1 atom stereocenters. The number of alkyl halides is 1. The van der Waals surface area contributed by atoms with Gasteiger partial charge in [0.2, 0.25) is 0 Å². The van der Waals surface area contributed by atoms with Crippen molar-refractivity contribution in [3.05, 3.63) is 0 Å². The summed E-state index contributed by atoms with van der Waals surface area (Å²) in [5, 5.41) is 0. The van der Waals surface area contributed by atoms with Crippen molar-refractivity contribution in [1.29, 1.82) is 0 Å². The molecule has 0 aromatic heterocycles. The van der Waals surface area contributed by atoms with Crippen LogP contribution in [0.2, 0.25) is 0 Å². The topological polar surface area (TPSA) is 0 Å². The molecule has 10 heavy (non-hydrogen) atoms. The first-order chi connectivity index (χ1) is 4.27. The Morgan fingerprint density at radius 3 is 1.60 bits per heavy atom. The summed E-state index contributed by atoms with van der Waals surface area (Å²) in [6.45, 7) is 9.78. The highest BCUT2D eigenvalue weighted by Crippen LogP contribution is 2.31. The van der Waals surface area contributed by atoms with Crippen LogP contribution >= 0.6 is 0 Å². The predicted molar refractivity (Wildman–Crippen MR) is 43.9 cm³/mol. The molecule has 0 aliphatic rings. The summed E-state index contributed by atoms with van der Waals surface area (Å²) in [5.74, 6) is 0. The van der Waals surface area contributed by atoms with Crippen LogP contribution < -0.4 is 0 Å². The first kappa shape index (κ1) is 9.93. The van der Waals surface area contributed by atoms with E-state index >= 15 is 0 Å². The summed E-state index contributed by atoms with van der Waals surface area (Å²) in [7, 11) is 0. The summed E-state index contributed by atoms with van der Waals surface area (Å²) >= 11 is 0.